The first-order chi connectivity index (χ1) is 9.55. The van der Waals surface area contributed by atoms with Gasteiger partial charge in [-0.1, -0.05) is 0 Å². The standard InChI is InChI=1S/C14H21F2NO4/c1-5-20-11(18)9-6-7-14(15,16)10(8-9)17-12(19)21-13(2,3)4/h8,10H,5-7H2,1-4H3,(H,17,19)/t10-/m0/s1. The van der Waals surface area contributed by atoms with Gasteiger partial charge in [0.25, 0.3) is 5.92 Å². The molecule has 0 aliphatic heterocycles. The number of rotatable bonds is 3. The van der Waals surface area contributed by atoms with E-state index < -0.39 is 36.0 Å². The van der Waals surface area contributed by atoms with Gasteiger partial charge in [-0.15, -0.1) is 0 Å². The molecule has 0 bridgehead atoms. The lowest BCUT2D eigenvalue weighted by molar-refractivity contribution is -0.139. The summed E-state index contributed by atoms with van der Waals surface area (Å²) in [4.78, 5) is 23.2. The first kappa shape index (κ1) is 17.4. The fraction of sp³-hybridized carbons (Fsp3) is 0.714. The number of halogens is 2. The van der Waals surface area contributed by atoms with Crippen LogP contribution in [-0.2, 0) is 14.3 Å². The molecule has 0 spiro atoms. The molecule has 0 unspecified atom stereocenters. The maximum atomic E-state index is 13.8. The minimum absolute atomic E-state index is 0.0850. The van der Waals surface area contributed by atoms with Crippen molar-refractivity contribution in [2.75, 3.05) is 6.61 Å². The third-order valence-electron chi connectivity index (χ3n) is 2.76. The number of nitrogens with one attached hydrogen (secondary N) is 1. The molecule has 1 aliphatic carbocycles. The topological polar surface area (TPSA) is 64.6 Å². The van der Waals surface area contributed by atoms with Gasteiger partial charge in [0, 0.05) is 12.0 Å². The van der Waals surface area contributed by atoms with Crippen LogP contribution in [0.15, 0.2) is 11.6 Å². The van der Waals surface area contributed by atoms with Gasteiger partial charge in [0.2, 0.25) is 0 Å². The summed E-state index contributed by atoms with van der Waals surface area (Å²) in [5.41, 5.74) is -0.648. The van der Waals surface area contributed by atoms with Gasteiger partial charge in [-0.25, -0.2) is 18.4 Å². The Hall–Kier alpha value is -1.66. The Morgan fingerprint density at radius 3 is 2.57 bits per heavy atom. The number of amides is 1. The highest BCUT2D eigenvalue weighted by molar-refractivity contribution is 5.89. The van der Waals surface area contributed by atoms with Gasteiger partial charge in [0.05, 0.1) is 6.61 Å². The number of carbonyl (C=O) groups excluding carboxylic acids is 2. The van der Waals surface area contributed by atoms with E-state index in [4.69, 9.17) is 9.47 Å². The molecule has 7 heteroatoms. The van der Waals surface area contributed by atoms with Crippen LogP contribution in [0.5, 0.6) is 0 Å². The second kappa shape index (κ2) is 6.41. The van der Waals surface area contributed by atoms with Gasteiger partial charge in [-0.3, -0.25) is 0 Å². The number of hydrogen-bond donors (Lipinski definition) is 1. The van der Waals surface area contributed by atoms with Gasteiger partial charge in [0.1, 0.15) is 11.6 Å². The minimum atomic E-state index is -3.13. The molecule has 1 aliphatic rings. The summed E-state index contributed by atoms with van der Waals surface area (Å²) >= 11 is 0. The van der Waals surface area contributed by atoms with Gasteiger partial charge >= 0.3 is 12.1 Å². The zero-order valence-corrected chi connectivity index (χ0v) is 12.7. The second-order valence-corrected chi connectivity index (χ2v) is 5.80. The average Bonchev–Trinajstić information content (AvgIpc) is 2.29. The molecule has 0 saturated carbocycles. The van der Waals surface area contributed by atoms with Crippen LogP contribution in [0.25, 0.3) is 0 Å². The zero-order valence-electron chi connectivity index (χ0n) is 12.7. The zero-order chi connectivity index (χ0) is 16.3. The molecule has 0 aromatic carbocycles. The lowest BCUT2D eigenvalue weighted by atomic mass is 9.92. The van der Waals surface area contributed by atoms with Crippen LogP contribution in [0, 0.1) is 0 Å². The van der Waals surface area contributed by atoms with E-state index in [0.717, 1.165) is 6.08 Å². The molecular weight excluding hydrogens is 284 g/mol. The largest absolute Gasteiger partial charge is 0.463 e. The Kier molecular flexibility index (Phi) is 5.31. The van der Waals surface area contributed by atoms with Crippen molar-refractivity contribution < 1.29 is 27.8 Å². The van der Waals surface area contributed by atoms with Gasteiger partial charge in [-0.05, 0) is 40.2 Å². The molecule has 0 saturated heterocycles. The second-order valence-electron chi connectivity index (χ2n) is 5.80. The van der Waals surface area contributed by atoms with Crippen molar-refractivity contribution in [1.29, 1.82) is 0 Å². The Balaban J connectivity index is 2.82. The molecule has 0 aromatic rings. The van der Waals surface area contributed by atoms with Crippen molar-refractivity contribution in [2.45, 2.75) is 58.1 Å². The van der Waals surface area contributed by atoms with E-state index in [-0.39, 0.29) is 18.6 Å². The summed E-state index contributed by atoms with van der Waals surface area (Å²) in [6.07, 6.45) is -0.518. The monoisotopic (exact) mass is 305 g/mol. The molecule has 120 valence electrons. The van der Waals surface area contributed by atoms with E-state index in [2.05, 4.69) is 5.32 Å². The van der Waals surface area contributed by atoms with Gasteiger partial charge in [0.15, 0.2) is 0 Å². The molecule has 1 N–H and O–H groups in total. The maximum Gasteiger partial charge on any atom is 0.408 e. The Bertz CT molecular complexity index is 441. The van der Waals surface area contributed by atoms with Crippen LogP contribution in [0.2, 0.25) is 0 Å². The fourth-order valence-electron chi connectivity index (χ4n) is 1.84. The van der Waals surface area contributed by atoms with E-state index in [1.54, 1.807) is 27.7 Å². The third kappa shape index (κ3) is 5.32. The summed E-state index contributed by atoms with van der Waals surface area (Å²) in [6.45, 7) is 6.69. The molecule has 0 radical (unpaired) electrons. The summed E-state index contributed by atoms with van der Waals surface area (Å²) < 4.78 is 37.4. The summed E-state index contributed by atoms with van der Waals surface area (Å²) in [6, 6.07) is -1.58. The average molecular weight is 305 g/mol. The normalized spacial score (nSPS) is 21.2. The van der Waals surface area contributed by atoms with Crippen molar-refractivity contribution >= 4 is 12.1 Å². The van der Waals surface area contributed by atoms with Crippen molar-refractivity contribution in [1.82, 2.24) is 5.32 Å². The SMILES string of the molecule is CCOC(=O)C1=C[C@H](NC(=O)OC(C)(C)C)C(F)(F)CC1. The lowest BCUT2D eigenvalue weighted by Crippen LogP contribution is -2.50. The molecule has 1 atom stereocenters. The van der Waals surface area contributed by atoms with E-state index in [1.165, 1.54) is 0 Å². The van der Waals surface area contributed by atoms with E-state index >= 15 is 0 Å². The molecule has 21 heavy (non-hydrogen) atoms. The van der Waals surface area contributed by atoms with E-state index in [9.17, 15) is 18.4 Å². The molecule has 5 nitrogen and oxygen atoms in total. The third-order valence-corrected chi connectivity index (χ3v) is 2.76. The smallest absolute Gasteiger partial charge is 0.408 e. The quantitative estimate of drug-likeness (QED) is 0.814. The maximum absolute atomic E-state index is 13.8. The number of esters is 1. The minimum Gasteiger partial charge on any atom is -0.463 e. The van der Waals surface area contributed by atoms with Crippen molar-refractivity contribution in [3.05, 3.63) is 11.6 Å². The fourth-order valence-corrected chi connectivity index (χ4v) is 1.84. The van der Waals surface area contributed by atoms with Crippen LogP contribution >= 0.6 is 0 Å². The molecule has 0 aromatic heterocycles. The number of alkyl halides is 2. The Morgan fingerprint density at radius 2 is 2.05 bits per heavy atom. The number of hydrogen-bond acceptors (Lipinski definition) is 4. The van der Waals surface area contributed by atoms with Crippen LogP contribution in [0.4, 0.5) is 13.6 Å². The summed E-state index contributed by atoms with van der Waals surface area (Å²) in [5, 5.41) is 2.10. The molecular formula is C14H21F2NO4. The number of alkyl carbamates (subject to hydrolysis) is 1. The van der Waals surface area contributed by atoms with Crippen molar-refractivity contribution in [2.24, 2.45) is 0 Å². The van der Waals surface area contributed by atoms with E-state index in [0.29, 0.717) is 0 Å². The first-order valence-electron chi connectivity index (χ1n) is 6.80. The molecule has 1 amide bonds. The van der Waals surface area contributed by atoms with Gasteiger partial charge < -0.3 is 14.8 Å². The highest BCUT2D eigenvalue weighted by Gasteiger charge is 2.43. The van der Waals surface area contributed by atoms with Crippen LogP contribution in [-0.4, -0.2) is 36.2 Å². The number of carbonyl (C=O) groups is 2. The highest BCUT2D eigenvalue weighted by Crippen LogP contribution is 2.33. The Labute approximate surface area is 122 Å². The molecule has 0 heterocycles. The van der Waals surface area contributed by atoms with Crippen LogP contribution in [0.1, 0.15) is 40.5 Å². The Morgan fingerprint density at radius 1 is 1.43 bits per heavy atom. The van der Waals surface area contributed by atoms with E-state index in [1.807, 2.05) is 0 Å². The van der Waals surface area contributed by atoms with Crippen molar-refractivity contribution in [3.63, 3.8) is 0 Å². The van der Waals surface area contributed by atoms with Crippen molar-refractivity contribution in [3.8, 4) is 0 Å². The highest BCUT2D eigenvalue weighted by atomic mass is 19.3. The van der Waals surface area contributed by atoms with Crippen LogP contribution in [0.3, 0.4) is 0 Å². The van der Waals surface area contributed by atoms with Crippen LogP contribution < -0.4 is 5.32 Å². The number of ether oxygens (including phenoxy) is 2. The summed E-state index contributed by atoms with van der Waals surface area (Å²) in [5.74, 6) is -3.77. The lowest BCUT2D eigenvalue weighted by Gasteiger charge is -2.31. The predicted molar refractivity (Wildman–Crippen MR) is 72.1 cm³/mol. The molecule has 1 rings (SSSR count). The first-order valence-corrected chi connectivity index (χ1v) is 6.80. The summed E-state index contributed by atoms with van der Waals surface area (Å²) in [7, 11) is 0. The molecule has 0 fully saturated rings. The predicted octanol–water partition coefficient (Wildman–Crippen LogP) is 2.80. The van der Waals surface area contributed by atoms with Gasteiger partial charge in [-0.2, -0.15) is 0 Å².